The second-order valence-electron chi connectivity index (χ2n) is 12.7. The van der Waals surface area contributed by atoms with E-state index in [1.165, 1.54) is 45.6 Å². The maximum atomic E-state index is 12.1. The van der Waals surface area contributed by atoms with Crippen LogP contribution in [0.1, 0.15) is 86.0 Å². The Morgan fingerprint density at radius 3 is 2.52 bits per heavy atom. The summed E-state index contributed by atoms with van der Waals surface area (Å²) in [7, 11) is 3.42. The van der Waals surface area contributed by atoms with Crippen molar-refractivity contribution in [1.82, 2.24) is 0 Å². The topological polar surface area (TPSA) is 35.5 Å². The largest absolute Gasteiger partial charge is 0.469 e. The van der Waals surface area contributed by atoms with Gasteiger partial charge in [-0.15, -0.1) is 0 Å². The number of allylic oxidation sites excluding steroid dienone is 4. The number of ether oxygens (including phenoxy) is 2. The zero-order chi connectivity index (χ0) is 22.4. The van der Waals surface area contributed by atoms with Gasteiger partial charge in [-0.05, 0) is 89.6 Å². The molecule has 5 aliphatic carbocycles. The van der Waals surface area contributed by atoms with Crippen molar-refractivity contribution in [2.45, 2.75) is 92.1 Å². The monoisotopic (exact) mass is 426 g/mol. The lowest BCUT2D eigenvalue weighted by Gasteiger charge is -2.57. The van der Waals surface area contributed by atoms with E-state index in [2.05, 4.69) is 46.8 Å². The number of fused-ring (bicyclic) bond motifs is 2. The lowest BCUT2D eigenvalue weighted by Crippen LogP contribution is -2.51. The van der Waals surface area contributed by atoms with E-state index in [1.54, 1.807) is 11.1 Å². The molecule has 5 rings (SSSR count). The highest BCUT2D eigenvalue weighted by atomic mass is 16.5. The normalized spacial score (nSPS) is 47.7. The number of hydrogen-bond acceptors (Lipinski definition) is 3. The maximum absolute atomic E-state index is 12.1. The van der Waals surface area contributed by atoms with Crippen molar-refractivity contribution in [1.29, 1.82) is 0 Å². The van der Waals surface area contributed by atoms with Crippen molar-refractivity contribution in [2.75, 3.05) is 14.2 Å². The van der Waals surface area contributed by atoms with Crippen LogP contribution < -0.4 is 0 Å². The molecule has 0 aliphatic heterocycles. The third-order valence-electron chi connectivity index (χ3n) is 11.8. The van der Waals surface area contributed by atoms with Crippen molar-refractivity contribution < 1.29 is 14.3 Å². The van der Waals surface area contributed by atoms with Gasteiger partial charge in [-0.25, -0.2) is 0 Å². The number of carbonyl (C=O) groups excluding carboxylic acids is 1. The van der Waals surface area contributed by atoms with E-state index in [4.69, 9.17) is 9.47 Å². The summed E-state index contributed by atoms with van der Waals surface area (Å²) < 4.78 is 11.0. The van der Waals surface area contributed by atoms with E-state index in [0.29, 0.717) is 29.3 Å². The van der Waals surface area contributed by atoms with Gasteiger partial charge in [0.1, 0.15) is 0 Å². The molecule has 0 N–H and O–H groups in total. The van der Waals surface area contributed by atoms with Crippen LogP contribution in [0, 0.1) is 38.9 Å². The van der Waals surface area contributed by atoms with Gasteiger partial charge in [0.05, 0.1) is 13.2 Å². The number of esters is 1. The van der Waals surface area contributed by atoms with Crippen molar-refractivity contribution >= 4 is 5.97 Å². The summed E-state index contributed by atoms with van der Waals surface area (Å²) in [6.07, 6.45) is 14.9. The first kappa shape index (κ1) is 21.7. The molecular weight excluding hydrogens is 384 g/mol. The van der Waals surface area contributed by atoms with Crippen LogP contribution in [0.15, 0.2) is 23.3 Å². The minimum atomic E-state index is -0.0731. The third-order valence-corrected chi connectivity index (χ3v) is 11.8. The molecule has 0 saturated heterocycles. The summed E-state index contributed by atoms with van der Waals surface area (Å²) in [6.45, 7) is 12.1. The Bertz CT molecular complexity index is 867. The Morgan fingerprint density at radius 1 is 1.10 bits per heavy atom. The van der Waals surface area contributed by atoms with Gasteiger partial charge in [0.25, 0.3) is 0 Å². The average Bonchev–Trinajstić information content (AvgIpc) is 3.31. The molecule has 0 aromatic carbocycles. The standard InChI is InChI=1S/C28H42O3/c1-18(16-23(29)31-7)25(4)12-10-19-20-8-9-21-24(2,3)22(30-6)11-13-28(21)17-27(20,28)15-14-26(19,25)5/h8,10,18,21-22H,9,11-17H2,1-7H3/t18-,21+,22-,25+,26+,27+,28-/m1/s1. The Kier molecular flexibility index (Phi) is 4.55. The fourth-order valence-electron chi connectivity index (χ4n) is 9.40. The fraction of sp³-hybridized carbons (Fsp3) is 0.821. The molecule has 3 fully saturated rings. The molecule has 3 saturated carbocycles. The summed E-state index contributed by atoms with van der Waals surface area (Å²) in [6, 6.07) is 0. The second kappa shape index (κ2) is 6.49. The smallest absolute Gasteiger partial charge is 0.305 e. The maximum Gasteiger partial charge on any atom is 0.305 e. The van der Waals surface area contributed by atoms with Gasteiger partial charge in [0, 0.05) is 18.9 Å². The van der Waals surface area contributed by atoms with Crippen LogP contribution in [0.4, 0.5) is 0 Å². The van der Waals surface area contributed by atoms with Crippen LogP contribution in [-0.2, 0) is 14.3 Å². The molecule has 31 heavy (non-hydrogen) atoms. The number of methoxy groups -OCH3 is 2. The van der Waals surface area contributed by atoms with Crippen LogP contribution in [0.3, 0.4) is 0 Å². The van der Waals surface area contributed by atoms with Gasteiger partial charge < -0.3 is 9.47 Å². The van der Waals surface area contributed by atoms with E-state index >= 15 is 0 Å². The Labute approximate surface area is 189 Å². The van der Waals surface area contributed by atoms with E-state index < -0.39 is 0 Å². The van der Waals surface area contributed by atoms with Crippen LogP contribution in [0.5, 0.6) is 0 Å². The Morgan fingerprint density at radius 2 is 1.84 bits per heavy atom. The molecular formula is C28H42O3. The molecule has 0 aromatic heterocycles. The molecule has 0 aromatic rings. The Hall–Kier alpha value is -1.09. The van der Waals surface area contributed by atoms with E-state index in [-0.39, 0.29) is 22.2 Å². The third kappa shape index (κ3) is 2.43. The summed E-state index contributed by atoms with van der Waals surface area (Å²) in [5, 5.41) is 0. The first-order valence-electron chi connectivity index (χ1n) is 12.5. The van der Waals surface area contributed by atoms with Crippen LogP contribution >= 0.6 is 0 Å². The van der Waals surface area contributed by atoms with Crippen LogP contribution in [0.25, 0.3) is 0 Å². The molecule has 7 atom stereocenters. The lowest BCUT2D eigenvalue weighted by molar-refractivity contribution is -0.143. The zero-order valence-electron chi connectivity index (χ0n) is 20.8. The highest BCUT2D eigenvalue weighted by molar-refractivity contribution is 5.69. The van der Waals surface area contributed by atoms with Gasteiger partial charge in [0.15, 0.2) is 0 Å². The summed E-state index contributed by atoms with van der Waals surface area (Å²) >= 11 is 0. The molecule has 0 amide bonds. The van der Waals surface area contributed by atoms with Gasteiger partial charge in [0.2, 0.25) is 0 Å². The van der Waals surface area contributed by atoms with Crippen LogP contribution in [-0.4, -0.2) is 26.3 Å². The number of rotatable bonds is 4. The van der Waals surface area contributed by atoms with Crippen molar-refractivity contribution in [3.63, 3.8) is 0 Å². The SMILES string of the molecule is COC(=O)C[C@@H](C)[C@]1(C)CC=C2C3=CC[C@H]4C(C)(C)[C@H](OC)CC[C@@]45C[C@@]35CC[C@@]21C. The molecule has 5 aliphatic rings. The molecule has 0 bridgehead atoms. The molecule has 3 nitrogen and oxygen atoms in total. The van der Waals surface area contributed by atoms with Crippen molar-refractivity contribution in [2.24, 2.45) is 38.9 Å². The number of carbonyl (C=O) groups is 1. The van der Waals surface area contributed by atoms with Gasteiger partial charge in [-0.3, -0.25) is 4.79 Å². The first-order valence-corrected chi connectivity index (χ1v) is 12.5. The van der Waals surface area contributed by atoms with Gasteiger partial charge in [-0.2, -0.15) is 0 Å². The quantitative estimate of drug-likeness (QED) is 0.483. The van der Waals surface area contributed by atoms with E-state index in [1.807, 2.05) is 7.11 Å². The molecule has 3 heteroatoms. The van der Waals surface area contributed by atoms with E-state index in [0.717, 1.165) is 12.3 Å². The minimum absolute atomic E-state index is 0.0731. The molecule has 172 valence electrons. The van der Waals surface area contributed by atoms with Gasteiger partial charge in [-0.1, -0.05) is 46.8 Å². The highest BCUT2D eigenvalue weighted by Gasteiger charge is 2.78. The minimum Gasteiger partial charge on any atom is -0.469 e. The fourth-order valence-corrected chi connectivity index (χ4v) is 9.40. The zero-order valence-corrected chi connectivity index (χ0v) is 20.8. The lowest BCUT2D eigenvalue weighted by atomic mass is 9.48. The molecule has 0 heterocycles. The van der Waals surface area contributed by atoms with Gasteiger partial charge >= 0.3 is 5.97 Å². The summed E-state index contributed by atoms with van der Waals surface area (Å²) in [4.78, 5) is 12.1. The highest BCUT2D eigenvalue weighted by Crippen LogP contribution is 2.86. The summed E-state index contributed by atoms with van der Waals surface area (Å²) in [5.41, 5.74) is 4.77. The second-order valence-corrected chi connectivity index (χ2v) is 12.7. The van der Waals surface area contributed by atoms with Crippen molar-refractivity contribution in [3.05, 3.63) is 23.3 Å². The first-order chi connectivity index (χ1) is 14.5. The van der Waals surface area contributed by atoms with Crippen molar-refractivity contribution in [3.8, 4) is 0 Å². The predicted octanol–water partition coefficient (Wildman–Crippen LogP) is 6.48. The van der Waals surface area contributed by atoms with Crippen LogP contribution in [0.2, 0.25) is 0 Å². The predicted molar refractivity (Wildman–Crippen MR) is 123 cm³/mol. The summed E-state index contributed by atoms with van der Waals surface area (Å²) in [5.74, 6) is 0.975. The van der Waals surface area contributed by atoms with E-state index in [9.17, 15) is 4.79 Å². The number of hydrogen-bond donors (Lipinski definition) is 0. The molecule has 0 radical (unpaired) electrons. The molecule has 2 spiro atoms. The Balaban J connectivity index is 1.49. The average molecular weight is 427 g/mol. The molecule has 0 unspecified atom stereocenters.